The highest BCUT2D eigenvalue weighted by Crippen LogP contribution is 2.57. The monoisotopic (exact) mass is 582 g/mol. The summed E-state index contributed by atoms with van der Waals surface area (Å²) in [6.45, 7) is 4.33. The van der Waals surface area contributed by atoms with Crippen LogP contribution in [0.15, 0.2) is 78.9 Å². The molecular formula is C32H34N6O5. The Balaban J connectivity index is 1.28. The van der Waals surface area contributed by atoms with Crippen molar-refractivity contribution in [3.63, 3.8) is 0 Å². The van der Waals surface area contributed by atoms with Gasteiger partial charge in [-0.3, -0.25) is 14.4 Å². The van der Waals surface area contributed by atoms with E-state index in [1.165, 1.54) is 4.90 Å². The minimum atomic E-state index is -1.40. The number of rotatable bonds is 6. The predicted molar refractivity (Wildman–Crippen MR) is 156 cm³/mol. The second kappa shape index (κ2) is 10.1. The summed E-state index contributed by atoms with van der Waals surface area (Å²) in [5, 5.41) is 18.7. The zero-order chi connectivity index (χ0) is 29.9. The average molecular weight is 583 g/mol. The van der Waals surface area contributed by atoms with Crippen LogP contribution in [0.5, 0.6) is 0 Å². The molecular weight excluding hydrogens is 548 g/mol. The average Bonchev–Trinajstić information content (AvgIpc) is 3.55. The van der Waals surface area contributed by atoms with Gasteiger partial charge in [0.05, 0.1) is 35.6 Å². The molecule has 4 aliphatic rings. The Morgan fingerprint density at radius 1 is 0.930 bits per heavy atom. The summed E-state index contributed by atoms with van der Waals surface area (Å²) in [7, 11) is 0. The molecule has 3 aromatic rings. The Hall–Kier alpha value is -4.35. The smallest absolute Gasteiger partial charge is 0.250 e. The maximum Gasteiger partial charge on any atom is 0.250 e. The first-order valence-electron chi connectivity index (χ1n) is 14.7. The summed E-state index contributed by atoms with van der Waals surface area (Å²) in [6, 6.07) is 15.5. The van der Waals surface area contributed by atoms with E-state index >= 15 is 0 Å². The second-order valence-electron chi connectivity index (χ2n) is 12.1. The Labute approximate surface area is 249 Å². The lowest BCUT2D eigenvalue weighted by Crippen LogP contribution is -2.58. The van der Waals surface area contributed by atoms with E-state index in [2.05, 4.69) is 10.3 Å². The van der Waals surface area contributed by atoms with Gasteiger partial charge in [-0.2, -0.15) is 0 Å². The first kappa shape index (κ1) is 27.5. The molecule has 0 radical (unpaired) electrons. The van der Waals surface area contributed by atoms with Crippen molar-refractivity contribution in [2.75, 3.05) is 19.7 Å². The molecule has 1 N–H and O–H groups in total. The van der Waals surface area contributed by atoms with Crippen molar-refractivity contribution < 1.29 is 24.2 Å². The van der Waals surface area contributed by atoms with Crippen LogP contribution in [0.25, 0.3) is 11.0 Å². The molecule has 2 saturated heterocycles. The fourth-order valence-electron chi connectivity index (χ4n) is 7.38. The molecule has 43 heavy (non-hydrogen) atoms. The molecule has 222 valence electrons. The summed E-state index contributed by atoms with van der Waals surface area (Å²) in [5.74, 6) is -2.70. The lowest BCUT2D eigenvalue weighted by Gasteiger charge is -2.39. The fraction of sp³-hybridized carbons (Fsp3) is 0.406. The van der Waals surface area contributed by atoms with E-state index in [0.717, 1.165) is 11.1 Å². The van der Waals surface area contributed by atoms with Gasteiger partial charge < -0.3 is 24.5 Å². The number of aliphatic hydroxyl groups excluding tert-OH is 1. The maximum absolute atomic E-state index is 14.5. The third-order valence-corrected chi connectivity index (χ3v) is 9.34. The zero-order valence-electron chi connectivity index (χ0n) is 24.1. The molecule has 2 fully saturated rings. The van der Waals surface area contributed by atoms with Gasteiger partial charge in [0.1, 0.15) is 23.8 Å². The van der Waals surface area contributed by atoms with Crippen LogP contribution in [-0.2, 0) is 32.3 Å². The Morgan fingerprint density at radius 2 is 1.65 bits per heavy atom. The molecule has 7 rings (SSSR count). The van der Waals surface area contributed by atoms with Crippen molar-refractivity contribution >= 4 is 28.8 Å². The summed E-state index contributed by atoms with van der Waals surface area (Å²) in [5.41, 5.74) is -0.0431. The van der Waals surface area contributed by atoms with Crippen molar-refractivity contribution in [2.24, 2.45) is 11.8 Å². The molecule has 11 heteroatoms. The molecule has 4 aliphatic heterocycles. The molecule has 0 bridgehead atoms. The minimum Gasteiger partial charge on any atom is -0.394 e. The van der Waals surface area contributed by atoms with Gasteiger partial charge in [-0.1, -0.05) is 72.0 Å². The van der Waals surface area contributed by atoms with Gasteiger partial charge >= 0.3 is 0 Å². The second-order valence-corrected chi connectivity index (χ2v) is 12.1. The van der Waals surface area contributed by atoms with E-state index < -0.39 is 35.1 Å². The van der Waals surface area contributed by atoms with E-state index in [9.17, 15) is 19.5 Å². The maximum atomic E-state index is 14.5. The lowest BCUT2D eigenvalue weighted by molar-refractivity contribution is -0.156. The van der Waals surface area contributed by atoms with Gasteiger partial charge in [0.15, 0.2) is 0 Å². The quantitative estimate of drug-likeness (QED) is 0.440. The van der Waals surface area contributed by atoms with Crippen LogP contribution in [0, 0.1) is 11.8 Å². The Kier molecular flexibility index (Phi) is 6.48. The van der Waals surface area contributed by atoms with Crippen molar-refractivity contribution in [3.05, 3.63) is 84.5 Å². The number of benzene rings is 2. The number of nitrogens with zero attached hydrogens (tertiary/aromatic N) is 6. The van der Waals surface area contributed by atoms with Gasteiger partial charge in [-0.25, -0.2) is 4.68 Å². The zero-order valence-corrected chi connectivity index (χ0v) is 24.1. The summed E-state index contributed by atoms with van der Waals surface area (Å²) in [6.07, 6.45) is 7.44. The topological polar surface area (TPSA) is 121 Å². The normalized spacial score (nSPS) is 30.8. The highest BCUT2D eigenvalue weighted by atomic mass is 16.5. The molecule has 6 atom stereocenters. The number of aromatic nitrogens is 3. The number of para-hydroxylation sites is 1. The van der Waals surface area contributed by atoms with Crippen LogP contribution in [0.2, 0.25) is 0 Å². The summed E-state index contributed by atoms with van der Waals surface area (Å²) in [4.78, 5) is 48.1. The first-order valence-corrected chi connectivity index (χ1v) is 14.7. The number of hydrogen-bond acceptors (Lipinski definition) is 7. The van der Waals surface area contributed by atoms with Crippen LogP contribution in [0.3, 0.4) is 0 Å². The third-order valence-electron chi connectivity index (χ3n) is 9.34. The first-order chi connectivity index (χ1) is 20.8. The number of carbonyl (C=O) groups is 3. The SMILES string of the molecule is C[C@H](CO)N1C(=O)[C@@H]2[C@H]3C(=O)N(Cc4ccccc4)CC=C[C@@]3(C)O[C@@]23C=CCN(Cn2nnc4ccccc42)C(=O)C13. The van der Waals surface area contributed by atoms with E-state index in [1.54, 1.807) is 21.4 Å². The largest absolute Gasteiger partial charge is 0.394 e. The van der Waals surface area contributed by atoms with E-state index in [-0.39, 0.29) is 37.5 Å². The van der Waals surface area contributed by atoms with Crippen LogP contribution in [0.4, 0.5) is 0 Å². The van der Waals surface area contributed by atoms with E-state index in [0.29, 0.717) is 18.6 Å². The molecule has 1 spiro atoms. The third kappa shape index (κ3) is 4.13. The highest BCUT2D eigenvalue weighted by Gasteiger charge is 2.75. The number of ether oxygens (including phenoxy) is 1. The minimum absolute atomic E-state index is 0.112. The summed E-state index contributed by atoms with van der Waals surface area (Å²) < 4.78 is 8.52. The van der Waals surface area contributed by atoms with Crippen molar-refractivity contribution in [2.45, 2.75) is 50.3 Å². The predicted octanol–water partition coefficient (Wildman–Crippen LogP) is 1.74. The summed E-state index contributed by atoms with van der Waals surface area (Å²) >= 11 is 0. The van der Waals surface area contributed by atoms with Gasteiger partial charge in [0, 0.05) is 19.6 Å². The highest BCUT2D eigenvalue weighted by molar-refractivity contribution is 6.00. The molecule has 5 heterocycles. The molecule has 0 aliphatic carbocycles. The molecule has 2 aromatic carbocycles. The van der Waals surface area contributed by atoms with Crippen LogP contribution in [-0.4, -0.2) is 95.5 Å². The number of amides is 3. The molecule has 1 aromatic heterocycles. The van der Waals surface area contributed by atoms with Crippen LogP contribution in [0.1, 0.15) is 19.4 Å². The lowest BCUT2D eigenvalue weighted by atomic mass is 9.74. The van der Waals surface area contributed by atoms with Crippen molar-refractivity contribution in [3.8, 4) is 0 Å². The number of hydrogen-bond donors (Lipinski definition) is 1. The van der Waals surface area contributed by atoms with E-state index in [1.807, 2.05) is 85.8 Å². The Bertz CT molecular complexity index is 1650. The van der Waals surface area contributed by atoms with Gasteiger partial charge in [-0.05, 0) is 31.5 Å². The number of fused-ring (bicyclic) bond motifs is 3. The molecule has 0 saturated carbocycles. The number of aliphatic hydroxyl groups is 1. The van der Waals surface area contributed by atoms with Crippen LogP contribution < -0.4 is 0 Å². The van der Waals surface area contributed by atoms with Gasteiger partial charge in [-0.15, -0.1) is 5.10 Å². The fourth-order valence-corrected chi connectivity index (χ4v) is 7.38. The van der Waals surface area contributed by atoms with Crippen molar-refractivity contribution in [1.82, 2.24) is 29.7 Å². The molecule has 11 nitrogen and oxygen atoms in total. The standard InChI is InChI=1S/C32H34N6O5/c1-21(19-39)38-27-30(42)36(20-37-24-13-7-6-12-23(24)33-34-37)17-9-15-32(27)26(29(38)41)25-28(40)35(16-8-14-31(25,2)43-32)18-22-10-4-3-5-11-22/h3-15,21,25-27,39H,16-20H2,1-2H3/t21-,25+,26+,27?,31-,32+/m1/s1. The van der Waals surface area contributed by atoms with Crippen molar-refractivity contribution in [1.29, 1.82) is 0 Å². The van der Waals surface area contributed by atoms with Gasteiger partial charge in [0.25, 0.3) is 5.91 Å². The number of likely N-dealkylation sites (tertiary alicyclic amines) is 1. The Morgan fingerprint density at radius 3 is 2.44 bits per heavy atom. The molecule has 3 amide bonds. The van der Waals surface area contributed by atoms with Gasteiger partial charge in [0.2, 0.25) is 11.8 Å². The van der Waals surface area contributed by atoms with E-state index in [4.69, 9.17) is 4.74 Å². The number of carbonyl (C=O) groups excluding carboxylic acids is 3. The van der Waals surface area contributed by atoms with Crippen LogP contribution >= 0.6 is 0 Å². The molecule has 1 unspecified atom stereocenters.